The Morgan fingerprint density at radius 2 is 2.05 bits per heavy atom. The van der Waals surface area contributed by atoms with Gasteiger partial charge in [-0.2, -0.15) is 0 Å². The van der Waals surface area contributed by atoms with Crippen molar-refractivity contribution in [3.63, 3.8) is 0 Å². The van der Waals surface area contributed by atoms with Crippen LogP contribution in [0.15, 0.2) is 29.2 Å². The Bertz CT molecular complexity index is 641. The molecule has 1 aromatic carbocycles. The summed E-state index contributed by atoms with van der Waals surface area (Å²) in [6.07, 6.45) is 1.37. The van der Waals surface area contributed by atoms with Gasteiger partial charge in [0.25, 0.3) is 5.91 Å². The molecule has 1 heterocycles. The van der Waals surface area contributed by atoms with Crippen LogP contribution in [-0.2, 0) is 14.3 Å². The lowest BCUT2D eigenvalue weighted by atomic mass is 10.2. The lowest BCUT2D eigenvalue weighted by molar-refractivity contribution is -0.149. The zero-order valence-electron chi connectivity index (χ0n) is 12.0. The first kappa shape index (κ1) is 16.6. The number of carbonyl (C=O) groups excluding carboxylic acids is 2. The highest BCUT2D eigenvalue weighted by Crippen LogP contribution is 2.32. The van der Waals surface area contributed by atoms with Gasteiger partial charge in [-0.05, 0) is 37.6 Å². The maximum Gasteiger partial charge on any atom is 0.326 e. The number of rotatable bonds is 4. The van der Waals surface area contributed by atoms with Crippen molar-refractivity contribution in [3.05, 3.63) is 40.6 Å². The summed E-state index contributed by atoms with van der Waals surface area (Å²) in [4.78, 5) is 25.5. The molecule has 4 nitrogen and oxygen atoms in total. The molecule has 0 atom stereocenters. The van der Waals surface area contributed by atoms with E-state index in [1.165, 1.54) is 17.0 Å². The summed E-state index contributed by atoms with van der Waals surface area (Å²) in [5, 5.41) is 0. The van der Waals surface area contributed by atoms with E-state index in [1.54, 1.807) is 32.1 Å². The molecule has 1 fully saturated rings. The van der Waals surface area contributed by atoms with E-state index < -0.39 is 5.97 Å². The highest BCUT2D eigenvalue weighted by Gasteiger charge is 2.33. The second-order valence-electron chi connectivity index (χ2n) is 4.86. The van der Waals surface area contributed by atoms with Crippen LogP contribution in [0, 0.1) is 5.82 Å². The molecule has 0 bridgehead atoms. The van der Waals surface area contributed by atoms with Crippen molar-refractivity contribution < 1.29 is 18.7 Å². The molecule has 0 radical (unpaired) electrons. The number of hydrogen-bond donors (Lipinski definition) is 0. The van der Waals surface area contributed by atoms with Gasteiger partial charge in [-0.25, -0.2) is 4.39 Å². The molecule has 0 aromatic heterocycles. The van der Waals surface area contributed by atoms with Gasteiger partial charge in [0.1, 0.15) is 16.7 Å². The van der Waals surface area contributed by atoms with E-state index in [-0.39, 0.29) is 24.4 Å². The van der Waals surface area contributed by atoms with Crippen LogP contribution in [-0.4, -0.2) is 33.7 Å². The molecule has 0 spiro atoms. The summed E-state index contributed by atoms with van der Waals surface area (Å²) >= 11 is 6.23. The average Bonchev–Trinajstić information content (AvgIpc) is 2.68. The maximum atomic E-state index is 12.9. The predicted molar refractivity (Wildman–Crippen MR) is 87.5 cm³/mol. The molecule has 1 aliphatic heterocycles. The van der Waals surface area contributed by atoms with Crippen LogP contribution in [0.2, 0.25) is 0 Å². The zero-order chi connectivity index (χ0) is 16.3. The Kier molecular flexibility index (Phi) is 5.31. The van der Waals surface area contributed by atoms with Crippen molar-refractivity contribution >= 4 is 46.3 Å². The van der Waals surface area contributed by atoms with Gasteiger partial charge in [-0.3, -0.25) is 14.5 Å². The Morgan fingerprint density at radius 1 is 1.41 bits per heavy atom. The van der Waals surface area contributed by atoms with Gasteiger partial charge < -0.3 is 4.74 Å². The summed E-state index contributed by atoms with van der Waals surface area (Å²) in [6.45, 7) is 3.26. The van der Waals surface area contributed by atoms with Crippen molar-refractivity contribution in [2.45, 2.75) is 20.0 Å². The highest BCUT2D eigenvalue weighted by atomic mass is 32.2. The first-order valence-corrected chi connectivity index (χ1v) is 7.79. The Morgan fingerprint density at radius 3 is 2.64 bits per heavy atom. The van der Waals surface area contributed by atoms with E-state index in [1.807, 2.05) is 0 Å². The SMILES string of the molecule is CC(C)OC(=O)CN1C(=O)C(=Cc2ccc(F)cc2)SC1=S. The molecular formula is C15H14FNO3S2. The van der Waals surface area contributed by atoms with E-state index >= 15 is 0 Å². The molecule has 22 heavy (non-hydrogen) atoms. The van der Waals surface area contributed by atoms with E-state index in [9.17, 15) is 14.0 Å². The molecule has 1 aromatic rings. The molecule has 1 aliphatic rings. The van der Waals surface area contributed by atoms with Crippen LogP contribution in [0.5, 0.6) is 0 Å². The number of thioether (sulfide) groups is 1. The molecular weight excluding hydrogens is 325 g/mol. The molecule has 0 N–H and O–H groups in total. The third kappa shape index (κ3) is 4.14. The minimum absolute atomic E-state index is 0.205. The number of nitrogens with zero attached hydrogens (tertiary/aromatic N) is 1. The number of carbonyl (C=O) groups is 2. The van der Waals surface area contributed by atoms with Gasteiger partial charge in [0.2, 0.25) is 0 Å². The summed E-state index contributed by atoms with van der Waals surface area (Å²) in [5.74, 6) is -1.20. The first-order chi connectivity index (χ1) is 10.4. The van der Waals surface area contributed by atoms with Gasteiger partial charge in [-0.1, -0.05) is 36.1 Å². The third-order valence-electron chi connectivity index (χ3n) is 2.70. The zero-order valence-corrected chi connectivity index (χ0v) is 13.7. The number of benzene rings is 1. The van der Waals surface area contributed by atoms with Gasteiger partial charge in [0.15, 0.2) is 0 Å². The Balaban J connectivity index is 2.11. The third-order valence-corrected chi connectivity index (χ3v) is 4.07. The number of esters is 1. The molecule has 0 unspecified atom stereocenters. The van der Waals surface area contributed by atoms with E-state index in [0.29, 0.717) is 14.8 Å². The van der Waals surface area contributed by atoms with E-state index in [2.05, 4.69) is 0 Å². The topological polar surface area (TPSA) is 46.6 Å². The summed E-state index contributed by atoms with van der Waals surface area (Å²) in [6, 6.07) is 5.75. The van der Waals surface area contributed by atoms with Crippen LogP contribution >= 0.6 is 24.0 Å². The van der Waals surface area contributed by atoms with Gasteiger partial charge >= 0.3 is 5.97 Å². The summed E-state index contributed by atoms with van der Waals surface area (Å²) < 4.78 is 18.2. The minimum atomic E-state index is -0.505. The van der Waals surface area contributed by atoms with Crippen molar-refractivity contribution in [1.29, 1.82) is 0 Å². The van der Waals surface area contributed by atoms with Gasteiger partial charge in [0.05, 0.1) is 11.0 Å². The van der Waals surface area contributed by atoms with Gasteiger partial charge in [-0.15, -0.1) is 0 Å². The van der Waals surface area contributed by atoms with Crippen molar-refractivity contribution in [2.75, 3.05) is 6.54 Å². The van der Waals surface area contributed by atoms with Crippen molar-refractivity contribution in [1.82, 2.24) is 4.90 Å². The van der Waals surface area contributed by atoms with Crippen LogP contribution in [0.1, 0.15) is 19.4 Å². The average molecular weight is 339 g/mol. The molecule has 116 valence electrons. The number of thiocarbonyl (C=S) groups is 1. The van der Waals surface area contributed by atoms with Crippen LogP contribution in [0.3, 0.4) is 0 Å². The molecule has 7 heteroatoms. The number of hydrogen-bond acceptors (Lipinski definition) is 5. The smallest absolute Gasteiger partial charge is 0.326 e. The van der Waals surface area contributed by atoms with Crippen LogP contribution in [0.4, 0.5) is 4.39 Å². The molecule has 1 amide bonds. The quantitative estimate of drug-likeness (QED) is 0.479. The largest absolute Gasteiger partial charge is 0.462 e. The Labute approximate surface area is 137 Å². The van der Waals surface area contributed by atoms with E-state index in [0.717, 1.165) is 11.8 Å². The molecule has 0 saturated carbocycles. The number of ether oxygens (including phenoxy) is 1. The summed E-state index contributed by atoms with van der Waals surface area (Å²) in [7, 11) is 0. The first-order valence-electron chi connectivity index (χ1n) is 6.57. The fraction of sp³-hybridized carbons (Fsp3) is 0.267. The molecule has 0 aliphatic carbocycles. The predicted octanol–water partition coefficient (Wildman–Crippen LogP) is 2.98. The van der Waals surface area contributed by atoms with Crippen LogP contribution < -0.4 is 0 Å². The number of halogens is 1. The monoisotopic (exact) mass is 339 g/mol. The fourth-order valence-electron chi connectivity index (χ4n) is 1.78. The number of amides is 1. The second kappa shape index (κ2) is 7.02. The van der Waals surface area contributed by atoms with E-state index in [4.69, 9.17) is 17.0 Å². The van der Waals surface area contributed by atoms with Crippen LogP contribution in [0.25, 0.3) is 6.08 Å². The lowest BCUT2D eigenvalue weighted by Crippen LogP contribution is -2.35. The standard InChI is InChI=1S/C15H14FNO3S2/c1-9(2)20-13(18)8-17-14(19)12(22-15(17)21)7-10-3-5-11(16)6-4-10/h3-7,9H,8H2,1-2H3. The normalized spacial score (nSPS) is 16.7. The minimum Gasteiger partial charge on any atom is -0.462 e. The maximum absolute atomic E-state index is 12.9. The summed E-state index contributed by atoms with van der Waals surface area (Å²) in [5.41, 5.74) is 0.687. The highest BCUT2D eigenvalue weighted by molar-refractivity contribution is 8.26. The van der Waals surface area contributed by atoms with Crippen molar-refractivity contribution in [2.24, 2.45) is 0 Å². The molecule has 1 saturated heterocycles. The van der Waals surface area contributed by atoms with Gasteiger partial charge in [0, 0.05) is 0 Å². The second-order valence-corrected chi connectivity index (χ2v) is 6.53. The fourth-order valence-corrected chi connectivity index (χ4v) is 3.03. The lowest BCUT2D eigenvalue weighted by Gasteiger charge is -2.14. The molecule has 2 rings (SSSR count). The Hall–Kier alpha value is -1.73. The van der Waals surface area contributed by atoms with Crippen molar-refractivity contribution in [3.8, 4) is 0 Å².